The van der Waals surface area contributed by atoms with Crippen LogP contribution in [0.1, 0.15) is 26.2 Å². The summed E-state index contributed by atoms with van der Waals surface area (Å²) in [6.45, 7) is 2.06. The molecule has 0 saturated carbocycles. The molecule has 0 aromatic carbocycles. The molecule has 0 fully saturated rings. The highest BCUT2D eigenvalue weighted by Crippen LogP contribution is 1.92. The number of carbonyl (C=O) groups excluding carboxylic acids is 1. The van der Waals surface area contributed by atoms with Gasteiger partial charge in [-0.15, -0.1) is 0 Å². The first-order valence-corrected chi connectivity index (χ1v) is 3.82. The smallest absolute Gasteiger partial charge is 0.220 e. The van der Waals surface area contributed by atoms with Gasteiger partial charge in [-0.25, -0.2) is 0 Å². The van der Waals surface area contributed by atoms with Gasteiger partial charge in [-0.3, -0.25) is 4.79 Å². The van der Waals surface area contributed by atoms with E-state index in [0.29, 0.717) is 12.3 Å². The zero-order valence-corrected chi connectivity index (χ0v) is 6.58. The first-order chi connectivity index (χ1) is 4.31. The van der Waals surface area contributed by atoms with E-state index in [9.17, 15) is 4.79 Å². The first-order valence-electron chi connectivity index (χ1n) is 3.18. The SMILES string of the molecule is CCCCC(=O)NCS. The Bertz CT molecular complexity index is 85.1. The predicted molar refractivity (Wildman–Crippen MR) is 41.5 cm³/mol. The quantitative estimate of drug-likeness (QED) is 0.454. The van der Waals surface area contributed by atoms with Gasteiger partial charge < -0.3 is 5.32 Å². The zero-order valence-electron chi connectivity index (χ0n) is 5.68. The van der Waals surface area contributed by atoms with E-state index in [1.165, 1.54) is 0 Å². The molecule has 0 aliphatic heterocycles. The molecule has 2 nitrogen and oxygen atoms in total. The Balaban J connectivity index is 3.06. The third kappa shape index (κ3) is 5.69. The van der Waals surface area contributed by atoms with Gasteiger partial charge in [0.25, 0.3) is 0 Å². The highest BCUT2D eigenvalue weighted by molar-refractivity contribution is 7.80. The maximum Gasteiger partial charge on any atom is 0.220 e. The fourth-order valence-electron chi connectivity index (χ4n) is 0.514. The van der Waals surface area contributed by atoms with Crippen molar-refractivity contribution in [3.8, 4) is 0 Å². The number of rotatable bonds is 4. The topological polar surface area (TPSA) is 29.1 Å². The molecule has 0 aliphatic rings. The van der Waals surface area contributed by atoms with E-state index in [4.69, 9.17) is 0 Å². The van der Waals surface area contributed by atoms with Crippen molar-refractivity contribution in [2.75, 3.05) is 5.88 Å². The van der Waals surface area contributed by atoms with Crippen LogP contribution >= 0.6 is 12.6 Å². The predicted octanol–water partition coefficient (Wildman–Crippen LogP) is 1.18. The summed E-state index contributed by atoms with van der Waals surface area (Å²) in [5.74, 6) is 0.551. The third-order valence-corrected chi connectivity index (χ3v) is 1.19. The highest BCUT2D eigenvalue weighted by Gasteiger charge is 1.95. The molecule has 0 aromatic rings. The first kappa shape index (κ1) is 8.82. The summed E-state index contributed by atoms with van der Waals surface area (Å²) in [6, 6.07) is 0. The molecule has 3 heteroatoms. The van der Waals surface area contributed by atoms with Crippen molar-refractivity contribution in [3.63, 3.8) is 0 Å². The molecule has 1 N–H and O–H groups in total. The van der Waals surface area contributed by atoms with E-state index in [-0.39, 0.29) is 5.91 Å². The number of amides is 1. The number of nitrogens with one attached hydrogen (secondary N) is 1. The van der Waals surface area contributed by atoms with Gasteiger partial charge in [-0.05, 0) is 6.42 Å². The summed E-state index contributed by atoms with van der Waals surface area (Å²) in [5.41, 5.74) is 0. The van der Waals surface area contributed by atoms with Crippen LogP contribution in [0.5, 0.6) is 0 Å². The molecule has 9 heavy (non-hydrogen) atoms. The minimum atomic E-state index is 0.104. The number of carbonyl (C=O) groups is 1. The molecule has 0 rings (SSSR count). The van der Waals surface area contributed by atoms with Gasteiger partial charge >= 0.3 is 0 Å². The van der Waals surface area contributed by atoms with Crippen molar-refractivity contribution in [2.45, 2.75) is 26.2 Å². The summed E-state index contributed by atoms with van der Waals surface area (Å²) < 4.78 is 0. The Kier molecular flexibility index (Phi) is 5.83. The second-order valence-electron chi connectivity index (χ2n) is 1.86. The lowest BCUT2D eigenvalue weighted by Gasteiger charge is -1.97. The molecular weight excluding hydrogens is 134 g/mol. The van der Waals surface area contributed by atoms with Crippen LogP contribution < -0.4 is 5.32 Å². The lowest BCUT2D eigenvalue weighted by atomic mass is 10.2. The Morgan fingerprint density at radius 3 is 2.78 bits per heavy atom. The van der Waals surface area contributed by atoms with Gasteiger partial charge in [0.1, 0.15) is 0 Å². The minimum Gasteiger partial charge on any atom is -0.347 e. The fourth-order valence-corrected chi connectivity index (χ4v) is 0.690. The summed E-state index contributed by atoms with van der Waals surface area (Å²) in [7, 11) is 0. The van der Waals surface area contributed by atoms with Crippen molar-refractivity contribution in [1.82, 2.24) is 5.32 Å². The minimum absolute atomic E-state index is 0.104. The molecule has 0 unspecified atom stereocenters. The Morgan fingerprint density at radius 2 is 2.33 bits per heavy atom. The molecule has 0 saturated heterocycles. The van der Waals surface area contributed by atoms with Gasteiger partial charge in [0.2, 0.25) is 5.91 Å². The van der Waals surface area contributed by atoms with Gasteiger partial charge in [-0.1, -0.05) is 13.3 Å². The largest absolute Gasteiger partial charge is 0.347 e. The Labute approximate surface area is 61.4 Å². The normalized spacial score (nSPS) is 9.11. The number of thiol groups is 1. The van der Waals surface area contributed by atoms with Gasteiger partial charge in [0.15, 0.2) is 0 Å². The average Bonchev–Trinajstić information content (AvgIpc) is 1.85. The molecule has 0 spiro atoms. The van der Waals surface area contributed by atoms with E-state index < -0.39 is 0 Å². The average molecular weight is 147 g/mol. The lowest BCUT2D eigenvalue weighted by Crippen LogP contribution is -2.20. The van der Waals surface area contributed by atoms with Crippen molar-refractivity contribution in [2.24, 2.45) is 0 Å². The van der Waals surface area contributed by atoms with Crippen LogP contribution in [-0.4, -0.2) is 11.8 Å². The maximum atomic E-state index is 10.6. The second-order valence-corrected chi connectivity index (χ2v) is 2.18. The van der Waals surface area contributed by atoms with Crippen molar-refractivity contribution < 1.29 is 4.79 Å². The van der Waals surface area contributed by atoms with Crippen molar-refractivity contribution >= 4 is 18.5 Å². The summed E-state index contributed by atoms with van der Waals surface area (Å²) in [6.07, 6.45) is 2.68. The van der Waals surface area contributed by atoms with Crippen molar-refractivity contribution in [3.05, 3.63) is 0 Å². The fraction of sp³-hybridized carbons (Fsp3) is 0.833. The molecule has 0 aliphatic carbocycles. The molecule has 0 heterocycles. The Morgan fingerprint density at radius 1 is 1.67 bits per heavy atom. The van der Waals surface area contributed by atoms with Crippen LogP contribution in [0.3, 0.4) is 0 Å². The molecule has 0 atom stereocenters. The van der Waals surface area contributed by atoms with Crippen LogP contribution in [0.25, 0.3) is 0 Å². The summed E-state index contributed by atoms with van der Waals surface area (Å²) >= 11 is 3.85. The van der Waals surface area contributed by atoms with Crippen LogP contribution in [0.15, 0.2) is 0 Å². The molecule has 0 aromatic heterocycles. The van der Waals surface area contributed by atoms with E-state index in [1.54, 1.807) is 0 Å². The van der Waals surface area contributed by atoms with Crippen molar-refractivity contribution in [1.29, 1.82) is 0 Å². The van der Waals surface area contributed by atoms with E-state index in [0.717, 1.165) is 12.8 Å². The zero-order chi connectivity index (χ0) is 7.11. The number of unbranched alkanes of at least 4 members (excludes halogenated alkanes) is 1. The van der Waals surface area contributed by atoms with Gasteiger partial charge in [0.05, 0.1) is 5.88 Å². The Hall–Kier alpha value is -0.180. The number of hydrogen-bond acceptors (Lipinski definition) is 2. The molecule has 0 bridgehead atoms. The monoisotopic (exact) mass is 147 g/mol. The molecular formula is C6H13NOS. The summed E-state index contributed by atoms with van der Waals surface area (Å²) in [5, 5.41) is 2.61. The highest BCUT2D eigenvalue weighted by atomic mass is 32.1. The maximum absolute atomic E-state index is 10.6. The van der Waals surface area contributed by atoms with E-state index in [1.807, 2.05) is 0 Å². The summed E-state index contributed by atoms with van der Waals surface area (Å²) in [4.78, 5) is 10.6. The van der Waals surface area contributed by atoms with Crippen LogP contribution in [-0.2, 0) is 4.79 Å². The standard InChI is InChI=1S/C6H13NOS/c1-2-3-4-6(8)7-5-9/h9H,2-5H2,1H3,(H,7,8). The molecule has 0 radical (unpaired) electrons. The van der Waals surface area contributed by atoms with E-state index >= 15 is 0 Å². The third-order valence-electron chi connectivity index (χ3n) is 1.03. The molecule has 1 amide bonds. The lowest BCUT2D eigenvalue weighted by molar-refractivity contribution is -0.120. The molecule has 54 valence electrons. The van der Waals surface area contributed by atoms with Crippen LogP contribution in [0.4, 0.5) is 0 Å². The van der Waals surface area contributed by atoms with Gasteiger partial charge in [0, 0.05) is 6.42 Å². The van der Waals surface area contributed by atoms with Gasteiger partial charge in [-0.2, -0.15) is 12.6 Å². The van der Waals surface area contributed by atoms with Crippen LogP contribution in [0, 0.1) is 0 Å². The van der Waals surface area contributed by atoms with Crippen LogP contribution in [0.2, 0.25) is 0 Å². The number of hydrogen-bond donors (Lipinski definition) is 2. The second kappa shape index (κ2) is 5.95. The van der Waals surface area contributed by atoms with E-state index in [2.05, 4.69) is 24.9 Å².